The van der Waals surface area contributed by atoms with E-state index >= 15 is 0 Å². The van der Waals surface area contributed by atoms with Crippen LogP contribution in [0.4, 0.5) is 17.1 Å². The summed E-state index contributed by atoms with van der Waals surface area (Å²) >= 11 is 0. The molecule has 2 aromatic rings. The van der Waals surface area contributed by atoms with Crippen molar-refractivity contribution in [1.82, 2.24) is 0 Å². The lowest BCUT2D eigenvalue weighted by molar-refractivity contribution is 0.0601. The number of esters is 1. The van der Waals surface area contributed by atoms with Crippen LogP contribution in [-0.2, 0) is 4.74 Å². The van der Waals surface area contributed by atoms with E-state index in [1.165, 1.54) is 7.11 Å². The van der Waals surface area contributed by atoms with E-state index in [9.17, 15) is 4.79 Å². The minimum atomic E-state index is -0.380. The van der Waals surface area contributed by atoms with Gasteiger partial charge in [-0.2, -0.15) is 5.26 Å². The lowest BCUT2D eigenvalue weighted by atomic mass is 10.1. The number of hydrogen-bond acceptors (Lipinski definition) is 5. The minimum absolute atomic E-state index is 0.380. The third kappa shape index (κ3) is 2.87. The molecule has 0 fully saturated rings. The first-order valence-corrected chi connectivity index (χ1v) is 5.89. The van der Waals surface area contributed by atoms with Gasteiger partial charge in [-0.25, -0.2) is 4.79 Å². The minimum Gasteiger partial charge on any atom is -0.465 e. The molecule has 0 unspecified atom stereocenters. The van der Waals surface area contributed by atoms with Crippen molar-refractivity contribution in [2.24, 2.45) is 0 Å². The average molecular weight is 267 g/mol. The summed E-state index contributed by atoms with van der Waals surface area (Å²) in [6.07, 6.45) is 0. The summed E-state index contributed by atoms with van der Waals surface area (Å²) in [7, 11) is 1.34. The largest absolute Gasteiger partial charge is 0.465 e. The highest BCUT2D eigenvalue weighted by molar-refractivity contribution is 5.90. The van der Waals surface area contributed by atoms with E-state index in [2.05, 4.69) is 10.1 Å². The second-order valence-electron chi connectivity index (χ2n) is 4.11. The third-order valence-electron chi connectivity index (χ3n) is 2.77. The SMILES string of the molecule is COC(=O)c1ccc(Nc2ccc(C#N)cc2N)cc1. The number of nitriles is 1. The number of nitrogen functional groups attached to an aromatic ring is 1. The number of nitrogens with two attached hydrogens (primary N) is 1. The molecule has 100 valence electrons. The van der Waals surface area contributed by atoms with Gasteiger partial charge in [-0.15, -0.1) is 0 Å². The highest BCUT2D eigenvalue weighted by Gasteiger charge is 2.05. The number of methoxy groups -OCH3 is 1. The molecule has 5 heteroatoms. The maximum absolute atomic E-state index is 11.3. The Morgan fingerprint density at radius 3 is 2.50 bits per heavy atom. The Hall–Kier alpha value is -3.00. The molecule has 2 rings (SSSR count). The van der Waals surface area contributed by atoms with Crippen LogP contribution in [0, 0.1) is 11.3 Å². The molecule has 20 heavy (non-hydrogen) atoms. The summed E-state index contributed by atoms with van der Waals surface area (Å²) < 4.78 is 4.63. The molecule has 0 amide bonds. The van der Waals surface area contributed by atoms with E-state index in [0.717, 1.165) is 5.69 Å². The molecule has 0 aromatic heterocycles. The first kappa shape index (κ1) is 13.4. The zero-order valence-corrected chi connectivity index (χ0v) is 10.9. The van der Waals surface area contributed by atoms with Crippen LogP contribution < -0.4 is 11.1 Å². The molecule has 0 heterocycles. The van der Waals surface area contributed by atoms with Crippen LogP contribution in [0.5, 0.6) is 0 Å². The number of carbonyl (C=O) groups is 1. The van der Waals surface area contributed by atoms with Crippen LogP contribution in [0.15, 0.2) is 42.5 Å². The number of anilines is 3. The smallest absolute Gasteiger partial charge is 0.337 e. The predicted molar refractivity (Wildman–Crippen MR) is 76.6 cm³/mol. The van der Waals surface area contributed by atoms with Gasteiger partial charge in [0.15, 0.2) is 0 Å². The summed E-state index contributed by atoms with van der Waals surface area (Å²) in [5, 5.41) is 11.9. The Morgan fingerprint density at radius 2 is 1.95 bits per heavy atom. The molecule has 0 saturated heterocycles. The third-order valence-corrected chi connectivity index (χ3v) is 2.77. The van der Waals surface area contributed by atoms with Crippen LogP contribution in [0.3, 0.4) is 0 Å². The van der Waals surface area contributed by atoms with Gasteiger partial charge in [0, 0.05) is 5.69 Å². The molecule has 0 bridgehead atoms. The molecular formula is C15H13N3O2. The second-order valence-corrected chi connectivity index (χ2v) is 4.11. The first-order chi connectivity index (χ1) is 9.63. The number of benzene rings is 2. The van der Waals surface area contributed by atoms with E-state index in [0.29, 0.717) is 22.5 Å². The van der Waals surface area contributed by atoms with Gasteiger partial charge in [0.25, 0.3) is 0 Å². The number of nitrogens with zero attached hydrogens (tertiary/aromatic N) is 1. The molecule has 2 aromatic carbocycles. The van der Waals surface area contributed by atoms with Crippen molar-refractivity contribution in [2.45, 2.75) is 0 Å². The maximum Gasteiger partial charge on any atom is 0.337 e. The predicted octanol–water partition coefficient (Wildman–Crippen LogP) is 2.67. The average Bonchev–Trinajstić information content (AvgIpc) is 2.49. The van der Waals surface area contributed by atoms with Crippen molar-refractivity contribution in [3.05, 3.63) is 53.6 Å². The second kappa shape index (κ2) is 5.76. The molecular weight excluding hydrogens is 254 g/mol. The van der Waals surface area contributed by atoms with Crippen LogP contribution in [0.1, 0.15) is 15.9 Å². The van der Waals surface area contributed by atoms with Crippen molar-refractivity contribution in [2.75, 3.05) is 18.2 Å². The zero-order chi connectivity index (χ0) is 14.5. The normalized spacial score (nSPS) is 9.60. The Labute approximate surface area is 116 Å². The Bertz CT molecular complexity index is 673. The standard InChI is InChI=1S/C15H13N3O2/c1-20-15(19)11-3-5-12(6-4-11)18-14-7-2-10(9-16)8-13(14)17/h2-8,18H,17H2,1H3. The summed E-state index contributed by atoms with van der Waals surface area (Å²) in [4.78, 5) is 11.3. The van der Waals surface area contributed by atoms with Gasteiger partial charge in [0.2, 0.25) is 0 Å². The van der Waals surface area contributed by atoms with E-state index in [1.54, 1.807) is 42.5 Å². The van der Waals surface area contributed by atoms with Crippen molar-refractivity contribution >= 4 is 23.0 Å². The fourth-order valence-corrected chi connectivity index (χ4v) is 1.71. The summed E-state index contributed by atoms with van der Waals surface area (Å²) in [6, 6.07) is 13.9. The molecule has 0 atom stereocenters. The molecule has 0 aliphatic heterocycles. The van der Waals surface area contributed by atoms with E-state index in [1.807, 2.05) is 6.07 Å². The first-order valence-electron chi connectivity index (χ1n) is 5.89. The summed E-state index contributed by atoms with van der Waals surface area (Å²) in [5.74, 6) is -0.380. The molecule has 5 nitrogen and oxygen atoms in total. The maximum atomic E-state index is 11.3. The Morgan fingerprint density at radius 1 is 1.25 bits per heavy atom. The van der Waals surface area contributed by atoms with Crippen LogP contribution >= 0.6 is 0 Å². The number of carbonyl (C=O) groups excluding carboxylic acids is 1. The van der Waals surface area contributed by atoms with Gasteiger partial charge in [-0.05, 0) is 42.5 Å². The summed E-state index contributed by atoms with van der Waals surface area (Å²) in [6.45, 7) is 0. The molecule has 0 aliphatic rings. The molecule has 0 radical (unpaired) electrons. The van der Waals surface area contributed by atoms with Gasteiger partial charge in [-0.3, -0.25) is 0 Å². The fourth-order valence-electron chi connectivity index (χ4n) is 1.71. The van der Waals surface area contributed by atoms with Crippen LogP contribution in [0.2, 0.25) is 0 Å². The monoisotopic (exact) mass is 267 g/mol. The lowest BCUT2D eigenvalue weighted by Crippen LogP contribution is -2.01. The molecule has 0 aliphatic carbocycles. The topological polar surface area (TPSA) is 88.1 Å². The van der Waals surface area contributed by atoms with Crippen molar-refractivity contribution in [1.29, 1.82) is 5.26 Å². The zero-order valence-electron chi connectivity index (χ0n) is 10.9. The van der Waals surface area contributed by atoms with E-state index < -0.39 is 0 Å². The number of rotatable bonds is 3. The van der Waals surface area contributed by atoms with Crippen molar-refractivity contribution in [3.63, 3.8) is 0 Å². The molecule has 0 saturated carbocycles. The van der Waals surface area contributed by atoms with Crippen LogP contribution in [0.25, 0.3) is 0 Å². The molecule has 3 N–H and O–H groups in total. The number of nitrogens with one attached hydrogen (secondary N) is 1. The van der Waals surface area contributed by atoms with Gasteiger partial charge in [0.1, 0.15) is 0 Å². The lowest BCUT2D eigenvalue weighted by Gasteiger charge is -2.10. The Kier molecular flexibility index (Phi) is 3.87. The van der Waals surface area contributed by atoms with Gasteiger partial charge < -0.3 is 15.8 Å². The van der Waals surface area contributed by atoms with Crippen LogP contribution in [-0.4, -0.2) is 13.1 Å². The van der Waals surface area contributed by atoms with E-state index in [4.69, 9.17) is 11.0 Å². The Balaban J connectivity index is 2.18. The highest BCUT2D eigenvalue weighted by atomic mass is 16.5. The van der Waals surface area contributed by atoms with Gasteiger partial charge in [0.05, 0.1) is 35.7 Å². The fraction of sp³-hybridized carbons (Fsp3) is 0.0667. The van der Waals surface area contributed by atoms with Crippen molar-refractivity contribution < 1.29 is 9.53 Å². The van der Waals surface area contributed by atoms with Gasteiger partial charge >= 0.3 is 5.97 Å². The number of ether oxygens (including phenoxy) is 1. The van der Waals surface area contributed by atoms with Gasteiger partial charge in [-0.1, -0.05) is 0 Å². The number of hydrogen-bond donors (Lipinski definition) is 2. The highest BCUT2D eigenvalue weighted by Crippen LogP contribution is 2.24. The quantitative estimate of drug-likeness (QED) is 0.659. The molecule has 0 spiro atoms. The van der Waals surface area contributed by atoms with Crippen molar-refractivity contribution in [3.8, 4) is 6.07 Å². The summed E-state index contributed by atoms with van der Waals surface area (Å²) in [5.41, 5.74) is 8.82. The van der Waals surface area contributed by atoms with E-state index in [-0.39, 0.29) is 5.97 Å².